The Balaban J connectivity index is 2.01. The lowest BCUT2D eigenvalue weighted by atomic mass is 10.0. The molecule has 0 bridgehead atoms. The van der Waals surface area contributed by atoms with Crippen molar-refractivity contribution in [2.24, 2.45) is 0 Å². The topological polar surface area (TPSA) is 30.7 Å². The van der Waals surface area contributed by atoms with Gasteiger partial charge in [-0.05, 0) is 73.5 Å². The molecule has 4 aromatic rings. The van der Waals surface area contributed by atoms with E-state index in [0.29, 0.717) is 11.3 Å². The number of methoxy groups -OCH3 is 1. The highest BCUT2D eigenvalue weighted by atomic mass is 16.5. The fourth-order valence-electron chi connectivity index (χ4n) is 3.32. The second-order valence-corrected chi connectivity index (χ2v) is 6.34. The minimum Gasteiger partial charge on any atom is -0.497 e. The van der Waals surface area contributed by atoms with Crippen molar-refractivity contribution in [2.75, 3.05) is 7.11 Å². The Bertz CT molecular complexity index is 1100. The molecule has 0 N–H and O–H groups in total. The summed E-state index contributed by atoms with van der Waals surface area (Å²) in [6, 6.07) is 17.6. The normalized spacial score (nSPS) is 11.2. The monoisotopic (exact) mass is 329 g/mol. The zero-order chi connectivity index (χ0) is 17.6. The van der Waals surface area contributed by atoms with Gasteiger partial charge in [0.25, 0.3) is 0 Å². The first-order valence-electron chi connectivity index (χ1n) is 8.29. The minimum absolute atomic E-state index is 0.0158. The number of benzene rings is 2. The lowest BCUT2D eigenvalue weighted by Crippen LogP contribution is -2.05. The van der Waals surface area contributed by atoms with E-state index in [9.17, 15) is 4.79 Å². The van der Waals surface area contributed by atoms with E-state index >= 15 is 0 Å². The molecule has 0 aliphatic carbocycles. The highest BCUT2D eigenvalue weighted by molar-refractivity contribution is 6.19. The van der Waals surface area contributed by atoms with E-state index in [1.165, 1.54) is 11.1 Å². The van der Waals surface area contributed by atoms with Crippen molar-refractivity contribution in [1.29, 1.82) is 0 Å². The summed E-state index contributed by atoms with van der Waals surface area (Å²) in [6.07, 6.45) is 1.96. The first-order valence-corrected chi connectivity index (χ1v) is 8.29. The fraction of sp³-hybridized carbons (Fsp3) is 0.136. The van der Waals surface area contributed by atoms with Crippen molar-refractivity contribution >= 4 is 22.1 Å². The van der Waals surface area contributed by atoms with Crippen LogP contribution in [-0.4, -0.2) is 17.3 Å². The molecule has 0 atom stereocenters. The van der Waals surface area contributed by atoms with Crippen molar-refractivity contribution in [1.82, 2.24) is 4.40 Å². The molecule has 25 heavy (non-hydrogen) atoms. The molecule has 2 aromatic heterocycles. The highest BCUT2D eigenvalue weighted by Gasteiger charge is 2.20. The van der Waals surface area contributed by atoms with Gasteiger partial charge in [-0.1, -0.05) is 6.07 Å². The van der Waals surface area contributed by atoms with Gasteiger partial charge < -0.3 is 9.14 Å². The lowest BCUT2D eigenvalue weighted by Gasteiger charge is -2.05. The number of hydrogen-bond donors (Lipinski definition) is 0. The van der Waals surface area contributed by atoms with Crippen LogP contribution >= 0.6 is 0 Å². The first kappa shape index (κ1) is 15.5. The summed E-state index contributed by atoms with van der Waals surface area (Å²) in [6.45, 7) is 4.19. The van der Waals surface area contributed by atoms with Gasteiger partial charge in [0.15, 0.2) is 0 Å². The summed E-state index contributed by atoms with van der Waals surface area (Å²) in [5, 5.41) is 2.11. The molecular weight excluding hydrogens is 310 g/mol. The predicted octanol–water partition coefficient (Wildman–Crippen LogP) is 4.95. The van der Waals surface area contributed by atoms with E-state index < -0.39 is 0 Å². The van der Waals surface area contributed by atoms with E-state index in [0.717, 1.165) is 22.0 Å². The molecule has 0 saturated carbocycles. The maximum absolute atomic E-state index is 13.3. The Kier molecular flexibility index (Phi) is 3.57. The Morgan fingerprint density at radius 2 is 1.60 bits per heavy atom. The molecular formula is C22H19NO2. The van der Waals surface area contributed by atoms with E-state index in [1.54, 1.807) is 7.11 Å². The lowest BCUT2D eigenvalue weighted by molar-refractivity contribution is 0.103. The Morgan fingerprint density at radius 3 is 2.28 bits per heavy atom. The van der Waals surface area contributed by atoms with Gasteiger partial charge in [0.1, 0.15) is 11.4 Å². The predicted molar refractivity (Wildman–Crippen MR) is 101 cm³/mol. The molecule has 0 unspecified atom stereocenters. The van der Waals surface area contributed by atoms with Crippen molar-refractivity contribution in [2.45, 2.75) is 13.8 Å². The number of pyridine rings is 1. The molecule has 4 rings (SSSR count). The number of carbonyl (C=O) groups is 1. The summed E-state index contributed by atoms with van der Waals surface area (Å²) in [7, 11) is 1.62. The van der Waals surface area contributed by atoms with Crippen molar-refractivity contribution in [3.63, 3.8) is 0 Å². The molecule has 0 aliphatic heterocycles. The van der Waals surface area contributed by atoms with E-state index in [2.05, 4.69) is 32.0 Å². The van der Waals surface area contributed by atoms with Crippen molar-refractivity contribution < 1.29 is 9.53 Å². The van der Waals surface area contributed by atoms with Crippen LogP contribution in [0, 0.1) is 13.8 Å². The third kappa shape index (κ3) is 2.40. The summed E-state index contributed by atoms with van der Waals surface area (Å²) in [5.74, 6) is 0.759. The van der Waals surface area contributed by atoms with Crippen molar-refractivity contribution in [3.8, 4) is 5.75 Å². The zero-order valence-corrected chi connectivity index (χ0v) is 14.5. The van der Waals surface area contributed by atoms with Crippen LogP contribution in [0.15, 0.2) is 60.8 Å². The standard InChI is InChI=1S/C22H19NO2/c1-14-12-18-19(13-15(14)2)21(23-11-5-4-6-20(18)23)22(24)16-7-9-17(25-3)10-8-16/h4-13H,1-3H3. The van der Waals surface area contributed by atoms with Crippen LogP contribution in [0.4, 0.5) is 0 Å². The molecule has 0 aliphatic rings. The molecule has 2 aromatic carbocycles. The van der Waals surface area contributed by atoms with Crippen LogP contribution in [0.2, 0.25) is 0 Å². The number of aromatic nitrogens is 1. The highest BCUT2D eigenvalue weighted by Crippen LogP contribution is 2.31. The molecule has 0 fully saturated rings. The van der Waals surface area contributed by atoms with Gasteiger partial charge in [0.2, 0.25) is 5.78 Å². The zero-order valence-electron chi connectivity index (χ0n) is 14.5. The molecule has 124 valence electrons. The Labute approximate surface area is 146 Å². The molecule has 3 heteroatoms. The third-order valence-corrected chi connectivity index (χ3v) is 4.83. The third-order valence-electron chi connectivity index (χ3n) is 4.83. The van der Waals surface area contributed by atoms with Gasteiger partial charge >= 0.3 is 0 Å². The number of aryl methyl sites for hydroxylation is 2. The van der Waals surface area contributed by atoms with Crippen molar-refractivity contribution in [3.05, 3.63) is 83.2 Å². The summed E-state index contributed by atoms with van der Waals surface area (Å²) < 4.78 is 7.19. The van der Waals surface area contributed by atoms with E-state index in [-0.39, 0.29) is 5.78 Å². The van der Waals surface area contributed by atoms with E-state index in [1.807, 2.05) is 47.0 Å². The van der Waals surface area contributed by atoms with Crippen LogP contribution in [0.1, 0.15) is 27.2 Å². The molecule has 0 amide bonds. The van der Waals surface area contributed by atoms with Crippen LogP contribution in [0.3, 0.4) is 0 Å². The largest absolute Gasteiger partial charge is 0.497 e. The average Bonchev–Trinajstić information content (AvgIpc) is 2.95. The molecule has 2 heterocycles. The number of rotatable bonds is 3. The van der Waals surface area contributed by atoms with Gasteiger partial charge in [0, 0.05) is 22.5 Å². The Morgan fingerprint density at radius 1 is 0.920 bits per heavy atom. The summed E-state index contributed by atoms with van der Waals surface area (Å²) in [5.41, 5.74) is 4.83. The average molecular weight is 329 g/mol. The number of hydrogen-bond acceptors (Lipinski definition) is 2. The van der Waals surface area contributed by atoms with Gasteiger partial charge in [0.05, 0.1) is 12.6 Å². The number of nitrogens with zero attached hydrogens (tertiary/aromatic N) is 1. The van der Waals surface area contributed by atoms with Gasteiger partial charge in [-0.2, -0.15) is 0 Å². The number of ether oxygens (including phenoxy) is 1. The fourth-order valence-corrected chi connectivity index (χ4v) is 3.32. The van der Waals surface area contributed by atoms with E-state index in [4.69, 9.17) is 4.74 Å². The summed E-state index contributed by atoms with van der Waals surface area (Å²) >= 11 is 0. The van der Waals surface area contributed by atoms with Crippen LogP contribution < -0.4 is 4.74 Å². The molecule has 0 spiro atoms. The molecule has 3 nitrogen and oxygen atoms in total. The summed E-state index contributed by atoms with van der Waals surface area (Å²) in [4.78, 5) is 13.3. The molecule has 0 saturated heterocycles. The minimum atomic E-state index is 0.0158. The van der Waals surface area contributed by atoms with Crippen LogP contribution in [0.25, 0.3) is 16.3 Å². The Hall–Kier alpha value is -3.07. The van der Waals surface area contributed by atoms with Crippen LogP contribution in [-0.2, 0) is 0 Å². The second-order valence-electron chi connectivity index (χ2n) is 6.34. The van der Waals surface area contributed by atoms with Crippen LogP contribution in [0.5, 0.6) is 5.75 Å². The molecule has 0 radical (unpaired) electrons. The van der Waals surface area contributed by atoms with Gasteiger partial charge in [-0.15, -0.1) is 0 Å². The maximum atomic E-state index is 13.3. The number of fused-ring (bicyclic) bond motifs is 3. The van der Waals surface area contributed by atoms with Gasteiger partial charge in [-0.3, -0.25) is 4.79 Å². The maximum Gasteiger partial charge on any atom is 0.210 e. The quantitative estimate of drug-likeness (QED) is 0.498. The number of ketones is 1. The SMILES string of the molecule is COc1ccc(C(=O)c2c3cc(C)c(C)cc3c3ccccn23)cc1. The number of carbonyl (C=O) groups excluding carboxylic acids is 1. The van der Waals surface area contributed by atoms with Gasteiger partial charge in [-0.25, -0.2) is 0 Å². The smallest absolute Gasteiger partial charge is 0.210 e. The first-order chi connectivity index (χ1) is 12.1. The second kappa shape index (κ2) is 5.78.